The third-order valence-corrected chi connectivity index (χ3v) is 5.31. The number of rotatable bonds is 4. The molecule has 1 aromatic rings. The van der Waals surface area contributed by atoms with Crippen LogP contribution in [0.5, 0.6) is 0 Å². The van der Waals surface area contributed by atoms with E-state index in [0.29, 0.717) is 12.8 Å². The summed E-state index contributed by atoms with van der Waals surface area (Å²) >= 11 is 0. The van der Waals surface area contributed by atoms with Gasteiger partial charge in [0.05, 0.1) is 4.92 Å². The molecule has 1 aliphatic rings. The van der Waals surface area contributed by atoms with Crippen LogP contribution in [-0.2, 0) is 14.8 Å². The highest BCUT2D eigenvalue weighted by Crippen LogP contribution is 2.29. The normalized spacial score (nSPS) is 20.1. The van der Waals surface area contributed by atoms with E-state index in [9.17, 15) is 28.4 Å². The molecule has 114 valence electrons. The SMILES string of the molecule is O=C([O-])[C@@H]1CCCN(S(=O)(=O)c2ccccc2[N+](=O)[O-])C1. The first-order valence-electron chi connectivity index (χ1n) is 6.28. The lowest BCUT2D eigenvalue weighted by Crippen LogP contribution is -2.46. The quantitative estimate of drug-likeness (QED) is 0.558. The number of piperidine rings is 1. The molecule has 2 rings (SSSR count). The van der Waals surface area contributed by atoms with Gasteiger partial charge in [-0.1, -0.05) is 12.1 Å². The van der Waals surface area contributed by atoms with Crippen molar-refractivity contribution in [1.29, 1.82) is 0 Å². The second-order valence-electron chi connectivity index (χ2n) is 4.75. The number of carboxylic acid groups (broad SMARTS) is 1. The third-order valence-electron chi connectivity index (χ3n) is 3.40. The zero-order valence-electron chi connectivity index (χ0n) is 11.0. The summed E-state index contributed by atoms with van der Waals surface area (Å²) in [5, 5.41) is 21.8. The first kappa shape index (κ1) is 15.4. The fraction of sp³-hybridized carbons (Fsp3) is 0.417. The molecule has 1 aromatic carbocycles. The van der Waals surface area contributed by atoms with Gasteiger partial charge < -0.3 is 9.90 Å². The molecule has 0 radical (unpaired) electrons. The first-order chi connectivity index (χ1) is 9.84. The zero-order chi connectivity index (χ0) is 15.6. The highest BCUT2D eigenvalue weighted by Gasteiger charge is 2.34. The van der Waals surface area contributed by atoms with Crippen molar-refractivity contribution in [2.24, 2.45) is 5.92 Å². The average molecular weight is 313 g/mol. The number of nitro benzene ring substituents is 1. The van der Waals surface area contributed by atoms with Gasteiger partial charge in [-0.3, -0.25) is 10.1 Å². The number of nitrogens with zero attached hydrogens (tertiary/aromatic N) is 2. The van der Waals surface area contributed by atoms with Gasteiger partial charge in [0.15, 0.2) is 4.90 Å². The summed E-state index contributed by atoms with van der Waals surface area (Å²) in [6.07, 6.45) is 0.712. The smallest absolute Gasteiger partial charge is 0.289 e. The summed E-state index contributed by atoms with van der Waals surface area (Å²) in [5.74, 6) is -2.20. The molecule has 1 aliphatic heterocycles. The van der Waals surface area contributed by atoms with Gasteiger partial charge in [0, 0.05) is 31.0 Å². The molecule has 0 aromatic heterocycles. The lowest BCUT2D eigenvalue weighted by atomic mass is 10.0. The number of para-hydroxylation sites is 1. The summed E-state index contributed by atoms with van der Waals surface area (Å²) < 4.78 is 25.9. The van der Waals surface area contributed by atoms with Crippen LogP contribution in [0.2, 0.25) is 0 Å². The first-order valence-corrected chi connectivity index (χ1v) is 7.72. The van der Waals surface area contributed by atoms with Gasteiger partial charge in [-0.2, -0.15) is 4.31 Å². The van der Waals surface area contributed by atoms with Crippen molar-refractivity contribution in [1.82, 2.24) is 4.31 Å². The lowest BCUT2D eigenvalue weighted by molar-refractivity contribution is -0.387. The van der Waals surface area contributed by atoms with Gasteiger partial charge in [0.25, 0.3) is 5.69 Å². The van der Waals surface area contributed by atoms with Crippen LogP contribution in [0.4, 0.5) is 5.69 Å². The Labute approximate surface area is 121 Å². The second kappa shape index (κ2) is 5.78. The Morgan fingerprint density at radius 2 is 2.00 bits per heavy atom. The maximum Gasteiger partial charge on any atom is 0.289 e. The summed E-state index contributed by atoms with van der Waals surface area (Å²) in [7, 11) is -4.10. The Morgan fingerprint density at radius 3 is 2.62 bits per heavy atom. The lowest BCUT2D eigenvalue weighted by Gasteiger charge is -2.32. The van der Waals surface area contributed by atoms with Crippen LogP contribution >= 0.6 is 0 Å². The molecule has 1 fully saturated rings. The third kappa shape index (κ3) is 3.03. The van der Waals surface area contributed by atoms with Crippen LogP contribution < -0.4 is 5.11 Å². The van der Waals surface area contributed by atoms with E-state index in [0.717, 1.165) is 16.4 Å². The van der Waals surface area contributed by atoms with Crippen molar-refractivity contribution in [2.75, 3.05) is 13.1 Å². The largest absolute Gasteiger partial charge is 0.550 e. The molecule has 1 atom stereocenters. The van der Waals surface area contributed by atoms with Gasteiger partial charge in [-0.25, -0.2) is 8.42 Å². The van der Waals surface area contributed by atoms with Gasteiger partial charge in [0.1, 0.15) is 0 Å². The molecule has 0 unspecified atom stereocenters. The molecule has 1 heterocycles. The molecular weight excluding hydrogens is 300 g/mol. The van der Waals surface area contributed by atoms with E-state index in [2.05, 4.69) is 0 Å². The number of sulfonamides is 1. The van der Waals surface area contributed by atoms with Crippen molar-refractivity contribution in [3.05, 3.63) is 34.4 Å². The Morgan fingerprint density at radius 1 is 1.33 bits per heavy atom. The highest BCUT2D eigenvalue weighted by molar-refractivity contribution is 7.89. The molecule has 0 spiro atoms. The summed E-state index contributed by atoms with van der Waals surface area (Å²) in [6, 6.07) is 5.01. The van der Waals surface area contributed by atoms with Crippen LogP contribution in [0.3, 0.4) is 0 Å². The molecule has 9 heteroatoms. The minimum Gasteiger partial charge on any atom is -0.550 e. The molecule has 0 N–H and O–H groups in total. The number of benzene rings is 1. The van der Waals surface area contributed by atoms with E-state index in [-0.39, 0.29) is 13.1 Å². The number of hydrogen-bond acceptors (Lipinski definition) is 6. The second-order valence-corrected chi connectivity index (χ2v) is 6.65. The number of hydrogen-bond donors (Lipinski definition) is 0. The van der Waals surface area contributed by atoms with Gasteiger partial charge >= 0.3 is 0 Å². The summed E-state index contributed by atoms with van der Waals surface area (Å²) in [6.45, 7) is -0.0884. The highest BCUT2D eigenvalue weighted by atomic mass is 32.2. The van der Waals surface area contributed by atoms with Crippen LogP contribution in [0.25, 0.3) is 0 Å². The van der Waals surface area contributed by atoms with Crippen LogP contribution in [0.1, 0.15) is 12.8 Å². The summed E-state index contributed by atoms with van der Waals surface area (Å²) in [4.78, 5) is 20.6. The van der Waals surface area contributed by atoms with Crippen LogP contribution in [-0.4, -0.2) is 36.7 Å². The van der Waals surface area contributed by atoms with Gasteiger partial charge in [0.2, 0.25) is 10.0 Å². The number of carbonyl (C=O) groups is 1. The average Bonchev–Trinajstić information content (AvgIpc) is 2.47. The maximum atomic E-state index is 12.5. The summed E-state index contributed by atoms with van der Waals surface area (Å²) in [5.41, 5.74) is -0.520. The van der Waals surface area contributed by atoms with Gasteiger partial charge in [-0.05, 0) is 18.9 Å². The molecule has 1 saturated heterocycles. The molecular formula is C12H13N2O6S-. The molecule has 0 saturated carbocycles. The van der Waals surface area contributed by atoms with Crippen molar-refractivity contribution in [3.8, 4) is 0 Å². The maximum absolute atomic E-state index is 12.5. The van der Waals surface area contributed by atoms with E-state index in [1.165, 1.54) is 12.1 Å². The van der Waals surface area contributed by atoms with Crippen LogP contribution in [0, 0.1) is 16.0 Å². The van der Waals surface area contributed by atoms with E-state index >= 15 is 0 Å². The molecule has 8 nitrogen and oxygen atoms in total. The topological polar surface area (TPSA) is 121 Å². The fourth-order valence-electron chi connectivity index (χ4n) is 2.32. The number of nitro groups is 1. The van der Waals surface area contributed by atoms with Crippen molar-refractivity contribution in [2.45, 2.75) is 17.7 Å². The minimum absolute atomic E-state index is 0.137. The Balaban J connectivity index is 2.38. The van der Waals surface area contributed by atoms with Gasteiger partial charge in [-0.15, -0.1) is 0 Å². The van der Waals surface area contributed by atoms with Crippen molar-refractivity contribution in [3.63, 3.8) is 0 Å². The standard InChI is InChI=1S/C12H14N2O6S/c15-12(16)9-4-3-7-13(8-9)21(19,20)11-6-2-1-5-10(11)14(17)18/h1-2,5-6,9H,3-4,7-8H2,(H,15,16)/p-1/t9-/m1/s1. The van der Waals surface area contributed by atoms with Crippen LogP contribution in [0.15, 0.2) is 29.2 Å². The van der Waals surface area contributed by atoms with Crippen molar-refractivity contribution >= 4 is 21.7 Å². The molecule has 0 amide bonds. The number of carboxylic acids is 1. The minimum atomic E-state index is -4.10. The van der Waals surface area contributed by atoms with E-state index in [1.54, 1.807) is 0 Å². The Hall–Kier alpha value is -2.00. The van der Waals surface area contributed by atoms with E-state index in [1.807, 2.05) is 0 Å². The fourth-order valence-corrected chi connectivity index (χ4v) is 4.00. The number of carbonyl (C=O) groups excluding carboxylic acids is 1. The Kier molecular flexibility index (Phi) is 4.24. The van der Waals surface area contributed by atoms with Crippen molar-refractivity contribution < 1.29 is 23.2 Å². The zero-order valence-corrected chi connectivity index (χ0v) is 11.8. The molecule has 21 heavy (non-hydrogen) atoms. The predicted molar refractivity (Wildman–Crippen MR) is 69.6 cm³/mol. The number of aliphatic carboxylic acids is 1. The van der Waals surface area contributed by atoms with E-state index < -0.39 is 37.4 Å². The van der Waals surface area contributed by atoms with E-state index in [4.69, 9.17) is 0 Å². The molecule has 0 aliphatic carbocycles. The Bertz CT molecular complexity index is 672. The predicted octanol–water partition coefficient (Wildman–Crippen LogP) is -0.255. The molecule has 0 bridgehead atoms. The monoisotopic (exact) mass is 313 g/mol.